The van der Waals surface area contributed by atoms with Gasteiger partial charge in [0.2, 0.25) is 5.78 Å². The predicted octanol–water partition coefficient (Wildman–Crippen LogP) is 10.8. The molecule has 10 heteroatoms. The number of fused-ring (bicyclic) bond motifs is 3. The molecule has 0 bridgehead atoms. The summed E-state index contributed by atoms with van der Waals surface area (Å²) in [6, 6.07) is 29.7. The number of Topliss-reactive ketones (excluding diaryl/α,β-unsaturated/α-hetero) is 1. The highest BCUT2D eigenvalue weighted by Gasteiger charge is 2.36. The maximum absolute atomic E-state index is 13.6. The van der Waals surface area contributed by atoms with E-state index in [0.717, 1.165) is 49.7 Å². The van der Waals surface area contributed by atoms with Gasteiger partial charge in [-0.2, -0.15) is 0 Å². The predicted molar refractivity (Wildman–Crippen MR) is 270 cm³/mol. The summed E-state index contributed by atoms with van der Waals surface area (Å²) in [7, 11) is -3.60. The third kappa shape index (κ3) is 15.4. The normalized spacial score (nSPS) is 10.9. The first-order chi connectivity index (χ1) is 31.2. The molecule has 0 atom stereocenters. The van der Waals surface area contributed by atoms with E-state index in [1.165, 1.54) is 19.4 Å². The van der Waals surface area contributed by atoms with Crippen molar-refractivity contribution < 1.29 is 38.9 Å². The van der Waals surface area contributed by atoms with Crippen LogP contribution >= 0.6 is 0 Å². The molecule has 1 aliphatic rings. The Morgan fingerprint density at radius 1 is 0.652 bits per heavy atom. The lowest BCUT2D eigenvalue weighted by molar-refractivity contribution is -0.142. The van der Waals surface area contributed by atoms with Crippen LogP contribution in [0.4, 0.5) is 0 Å². The highest BCUT2D eigenvalue weighted by atomic mass is 28.3. The molecule has 0 heterocycles. The molecule has 0 fully saturated rings. The van der Waals surface area contributed by atoms with Crippen LogP contribution in [0.1, 0.15) is 81.6 Å². The van der Waals surface area contributed by atoms with E-state index in [4.69, 9.17) is 14.6 Å². The van der Waals surface area contributed by atoms with E-state index in [1.54, 1.807) is 36.4 Å². The molecule has 0 aromatic heterocycles. The van der Waals surface area contributed by atoms with E-state index >= 15 is 0 Å². The van der Waals surface area contributed by atoms with Crippen molar-refractivity contribution in [3.8, 4) is 68.9 Å². The Hall–Kier alpha value is -6.91. The van der Waals surface area contributed by atoms with Crippen molar-refractivity contribution in [2.75, 3.05) is 13.2 Å². The first-order valence-corrected chi connectivity index (χ1v) is 29.0. The molecule has 0 unspecified atom stereocenters. The van der Waals surface area contributed by atoms with Gasteiger partial charge >= 0.3 is 11.9 Å². The minimum atomic E-state index is -2.00. The lowest BCUT2D eigenvalue weighted by Gasteiger charge is -2.27. The number of aromatic hydroxyl groups is 2. The zero-order chi connectivity index (χ0) is 48.6. The van der Waals surface area contributed by atoms with Crippen molar-refractivity contribution in [2.45, 2.75) is 92.7 Å². The fourth-order valence-electron chi connectivity index (χ4n) is 7.11. The highest BCUT2D eigenvalue weighted by Crippen LogP contribution is 2.43. The summed E-state index contributed by atoms with van der Waals surface area (Å²) in [4.78, 5) is 47.8. The molecule has 2 N–H and O–H groups in total. The first-order valence-electron chi connectivity index (χ1n) is 22.0. The number of carbonyl (C=O) groups is 4. The summed E-state index contributed by atoms with van der Waals surface area (Å²) in [5.74, 6) is 13.9. The van der Waals surface area contributed by atoms with Crippen LogP contribution in [0.3, 0.4) is 0 Å². The van der Waals surface area contributed by atoms with E-state index in [-0.39, 0.29) is 29.3 Å². The van der Waals surface area contributed by atoms with Crippen molar-refractivity contribution in [3.63, 3.8) is 0 Å². The third-order valence-electron chi connectivity index (χ3n) is 10.0. The molecule has 0 saturated heterocycles. The SMILES string of the molecule is CC(=O)OCCCC#CC#Cc1ccccc1C(=O)C#C[Si](C)(C)C.CC(=O)OCCCc1c(-c2cc(C)ccc2O)cc2c(c1[Si](C)(C)C)C(=O)c1ccccc1-2.Cc1ccc(O)cc1. The molecule has 66 heavy (non-hydrogen) atoms. The molecule has 5 aromatic carbocycles. The fourth-order valence-corrected chi connectivity index (χ4v) is 9.76. The Morgan fingerprint density at radius 2 is 1.26 bits per heavy atom. The van der Waals surface area contributed by atoms with Gasteiger partial charge in [0.25, 0.3) is 0 Å². The molecule has 0 spiro atoms. The Kier molecular flexibility index (Phi) is 18.7. The molecular formula is C56H60O8Si2. The third-order valence-corrected chi connectivity index (χ3v) is 13.0. The lowest BCUT2D eigenvalue weighted by atomic mass is 9.90. The van der Waals surface area contributed by atoms with Gasteiger partial charge < -0.3 is 19.7 Å². The van der Waals surface area contributed by atoms with E-state index in [1.807, 2.05) is 68.4 Å². The van der Waals surface area contributed by atoms with Gasteiger partial charge in [-0.1, -0.05) is 117 Å². The topological polar surface area (TPSA) is 127 Å². The van der Waals surface area contributed by atoms with Gasteiger partial charge in [-0.3, -0.25) is 19.2 Å². The van der Waals surface area contributed by atoms with Crippen molar-refractivity contribution in [1.29, 1.82) is 0 Å². The van der Waals surface area contributed by atoms with Crippen LogP contribution in [0.15, 0.2) is 97.1 Å². The van der Waals surface area contributed by atoms with E-state index < -0.39 is 16.1 Å². The number of carbonyl (C=O) groups excluding carboxylic acids is 4. The van der Waals surface area contributed by atoms with Crippen molar-refractivity contribution in [1.82, 2.24) is 0 Å². The number of esters is 2. The Balaban J connectivity index is 0.000000254. The number of rotatable bonds is 10. The van der Waals surface area contributed by atoms with E-state index in [0.29, 0.717) is 55.8 Å². The Bertz CT molecular complexity index is 2750. The smallest absolute Gasteiger partial charge is 0.302 e. The molecular weight excluding hydrogens is 857 g/mol. The van der Waals surface area contributed by atoms with Crippen LogP contribution in [-0.2, 0) is 25.5 Å². The van der Waals surface area contributed by atoms with Crippen LogP contribution in [0.5, 0.6) is 11.5 Å². The molecule has 0 aliphatic heterocycles. The quantitative estimate of drug-likeness (QED) is 0.0457. The van der Waals surface area contributed by atoms with Crippen LogP contribution in [0.25, 0.3) is 22.3 Å². The zero-order valence-corrected chi connectivity index (χ0v) is 41.8. The number of phenols is 2. The minimum absolute atomic E-state index is 0.0827. The zero-order valence-electron chi connectivity index (χ0n) is 39.8. The van der Waals surface area contributed by atoms with Crippen LogP contribution in [0.2, 0.25) is 39.3 Å². The van der Waals surface area contributed by atoms with Gasteiger partial charge in [-0.15, -0.1) is 5.54 Å². The second-order valence-electron chi connectivity index (χ2n) is 18.0. The Labute approximate surface area is 392 Å². The molecule has 340 valence electrons. The summed E-state index contributed by atoms with van der Waals surface area (Å²) in [6.45, 7) is 20.5. The average molecular weight is 917 g/mol. The number of phenolic OH excluding ortho intramolecular Hbond substituents is 2. The van der Waals surface area contributed by atoms with Gasteiger partial charge in [-0.05, 0) is 121 Å². The number of ether oxygens (including phenoxy) is 2. The molecule has 0 amide bonds. The highest BCUT2D eigenvalue weighted by molar-refractivity contribution is 6.90. The van der Waals surface area contributed by atoms with Crippen LogP contribution in [0, 0.1) is 49.0 Å². The van der Waals surface area contributed by atoms with Gasteiger partial charge in [-0.25, -0.2) is 0 Å². The second kappa shape index (κ2) is 23.9. The summed E-state index contributed by atoms with van der Waals surface area (Å²) in [6.07, 6.45) is 2.59. The van der Waals surface area contributed by atoms with Crippen LogP contribution in [-0.4, -0.2) is 63.1 Å². The first kappa shape index (κ1) is 51.7. The molecule has 8 nitrogen and oxygen atoms in total. The van der Waals surface area contributed by atoms with Gasteiger partial charge in [0, 0.05) is 48.1 Å². The average Bonchev–Trinajstić information content (AvgIpc) is 3.54. The van der Waals surface area contributed by atoms with E-state index in [9.17, 15) is 24.3 Å². The van der Waals surface area contributed by atoms with E-state index in [2.05, 4.69) is 80.5 Å². The summed E-state index contributed by atoms with van der Waals surface area (Å²) < 4.78 is 10.0. The summed E-state index contributed by atoms with van der Waals surface area (Å²) >= 11 is 0. The van der Waals surface area contributed by atoms with Gasteiger partial charge in [0.1, 0.15) is 19.6 Å². The number of unbranched alkanes of at least 4 members (excludes halogenated alkanes) is 1. The van der Waals surface area contributed by atoms with Crippen molar-refractivity contribution >= 4 is 44.8 Å². The number of aryl methyl sites for hydroxylation is 2. The largest absolute Gasteiger partial charge is 0.508 e. The number of hydrogen-bond donors (Lipinski definition) is 2. The standard InChI is InChI=1S/C28H30O4Si.C21H22O3Si.C7H8O/c1-17-12-13-25(30)23(15-17)22-16-24-19-9-6-7-10-20(19)27(31)26(24)28(33(3,4)5)21(22)11-8-14-32-18(2)29;1-18(22)24-16-11-7-5-6-8-12-19-13-9-10-14-20(19)21(23)15-17-25(2,3)4;1-6-2-4-7(8)5-3-6/h6-7,9-10,12-13,15-16,30H,8,11,14H2,1-5H3;9-10,13-14H,7,11,16H2,1-4H3;2-5,8H,1H3. The maximum Gasteiger partial charge on any atom is 0.302 e. The molecule has 0 saturated carbocycles. The number of benzene rings is 5. The van der Waals surface area contributed by atoms with Gasteiger partial charge in [0.05, 0.1) is 21.3 Å². The minimum Gasteiger partial charge on any atom is -0.508 e. The second-order valence-corrected chi connectivity index (χ2v) is 27.7. The summed E-state index contributed by atoms with van der Waals surface area (Å²) in [5.41, 5.74) is 12.7. The fraction of sp³-hybridized carbons (Fsp3) is 0.286. The molecule has 0 radical (unpaired) electrons. The molecule has 5 aromatic rings. The summed E-state index contributed by atoms with van der Waals surface area (Å²) in [5, 5.41) is 20.7. The number of hydrogen-bond acceptors (Lipinski definition) is 8. The molecule has 6 rings (SSSR count). The lowest BCUT2D eigenvalue weighted by Crippen LogP contribution is -2.44. The molecule has 1 aliphatic carbocycles. The van der Waals surface area contributed by atoms with Gasteiger partial charge in [0.15, 0.2) is 5.78 Å². The van der Waals surface area contributed by atoms with Crippen LogP contribution < -0.4 is 5.19 Å². The Morgan fingerprint density at radius 3 is 1.88 bits per heavy atom. The maximum atomic E-state index is 13.6. The number of ketones is 2. The monoisotopic (exact) mass is 916 g/mol. The van der Waals surface area contributed by atoms with Crippen molar-refractivity contribution in [3.05, 3.63) is 136 Å². The van der Waals surface area contributed by atoms with Crippen molar-refractivity contribution in [2.24, 2.45) is 0 Å².